The van der Waals surface area contributed by atoms with Gasteiger partial charge in [-0.1, -0.05) is 30.3 Å². The molecular formula is C25H25FN4O6. The first-order valence-electron chi connectivity index (χ1n) is 11.1. The SMILES string of the molecule is CCN(C(=O)COC(=O)CCC(=O)c1ccc(F)cc1)c1c(N)n(Cc2ccccc2)c(=O)[nH]c1=O. The number of halogens is 1. The molecule has 3 N–H and O–H groups in total. The fourth-order valence-electron chi connectivity index (χ4n) is 3.51. The highest BCUT2D eigenvalue weighted by molar-refractivity contribution is 5.98. The maximum Gasteiger partial charge on any atom is 0.330 e. The van der Waals surface area contributed by atoms with Gasteiger partial charge in [-0.2, -0.15) is 0 Å². The van der Waals surface area contributed by atoms with Crippen LogP contribution in [0, 0.1) is 5.82 Å². The van der Waals surface area contributed by atoms with Crippen molar-refractivity contribution in [3.63, 3.8) is 0 Å². The van der Waals surface area contributed by atoms with Crippen molar-refractivity contribution in [1.29, 1.82) is 0 Å². The van der Waals surface area contributed by atoms with E-state index in [9.17, 15) is 28.4 Å². The van der Waals surface area contributed by atoms with E-state index in [1.165, 1.54) is 12.1 Å². The summed E-state index contributed by atoms with van der Waals surface area (Å²) in [5.41, 5.74) is 5.31. The number of Topliss-reactive ketones (excluding diaryl/α,β-unsaturated/α-hetero) is 1. The minimum atomic E-state index is -0.853. The number of H-pyrrole nitrogens is 1. The quantitative estimate of drug-likeness (QED) is 0.322. The second kappa shape index (κ2) is 11.7. The lowest BCUT2D eigenvalue weighted by Gasteiger charge is -2.23. The number of ketones is 1. The van der Waals surface area contributed by atoms with Crippen LogP contribution in [0.3, 0.4) is 0 Å². The highest BCUT2D eigenvalue weighted by Gasteiger charge is 2.24. The van der Waals surface area contributed by atoms with Crippen LogP contribution in [0.1, 0.15) is 35.7 Å². The Morgan fingerprint density at radius 2 is 1.69 bits per heavy atom. The number of likely N-dealkylation sites (N-methyl/N-ethyl adjacent to an activating group) is 1. The molecule has 0 saturated carbocycles. The van der Waals surface area contributed by atoms with Crippen molar-refractivity contribution in [2.45, 2.75) is 26.3 Å². The second-order valence-corrected chi connectivity index (χ2v) is 7.79. The van der Waals surface area contributed by atoms with Gasteiger partial charge in [0.2, 0.25) is 0 Å². The van der Waals surface area contributed by atoms with E-state index in [4.69, 9.17) is 10.5 Å². The Kier molecular flexibility index (Phi) is 8.50. The summed E-state index contributed by atoms with van der Waals surface area (Å²) in [6.45, 7) is 0.967. The molecule has 0 atom stereocenters. The molecule has 0 aliphatic heterocycles. The fourth-order valence-corrected chi connectivity index (χ4v) is 3.51. The average Bonchev–Trinajstić information content (AvgIpc) is 2.87. The summed E-state index contributed by atoms with van der Waals surface area (Å²) >= 11 is 0. The number of anilines is 2. The third-order valence-electron chi connectivity index (χ3n) is 5.36. The lowest BCUT2D eigenvalue weighted by molar-refractivity contribution is -0.147. The van der Waals surface area contributed by atoms with Gasteiger partial charge in [0.1, 0.15) is 11.6 Å². The zero-order valence-electron chi connectivity index (χ0n) is 19.5. The summed E-state index contributed by atoms with van der Waals surface area (Å²) in [4.78, 5) is 65.1. The third kappa shape index (κ3) is 6.32. The van der Waals surface area contributed by atoms with Gasteiger partial charge in [-0.3, -0.25) is 28.7 Å². The first-order valence-corrected chi connectivity index (χ1v) is 11.1. The molecule has 0 saturated heterocycles. The first kappa shape index (κ1) is 26.1. The molecule has 0 bridgehead atoms. The fraction of sp³-hybridized carbons (Fsp3) is 0.240. The molecule has 2 aromatic carbocycles. The molecule has 188 valence electrons. The number of hydrogen-bond acceptors (Lipinski definition) is 7. The van der Waals surface area contributed by atoms with E-state index < -0.39 is 35.5 Å². The van der Waals surface area contributed by atoms with Crippen LogP contribution in [0.5, 0.6) is 0 Å². The summed E-state index contributed by atoms with van der Waals surface area (Å²) < 4.78 is 19.1. The van der Waals surface area contributed by atoms with E-state index >= 15 is 0 Å². The predicted octanol–water partition coefficient (Wildman–Crippen LogP) is 1.87. The van der Waals surface area contributed by atoms with E-state index in [2.05, 4.69) is 4.98 Å². The molecule has 0 spiro atoms. The molecule has 1 amide bonds. The predicted molar refractivity (Wildman–Crippen MR) is 130 cm³/mol. The average molecular weight is 496 g/mol. The van der Waals surface area contributed by atoms with Gasteiger partial charge < -0.3 is 15.4 Å². The maximum atomic E-state index is 13.0. The van der Waals surface area contributed by atoms with Crippen LogP contribution in [-0.2, 0) is 20.9 Å². The van der Waals surface area contributed by atoms with Crippen molar-refractivity contribution in [3.05, 3.63) is 92.4 Å². The van der Waals surface area contributed by atoms with E-state index in [0.29, 0.717) is 0 Å². The Hall–Kier alpha value is -4.54. The minimum absolute atomic E-state index is 0.0102. The van der Waals surface area contributed by atoms with Gasteiger partial charge in [-0.05, 0) is 36.8 Å². The topological polar surface area (TPSA) is 145 Å². The minimum Gasteiger partial charge on any atom is -0.456 e. The van der Waals surface area contributed by atoms with Crippen LogP contribution in [0.4, 0.5) is 15.9 Å². The molecule has 3 aromatic rings. The Balaban J connectivity index is 1.67. The smallest absolute Gasteiger partial charge is 0.330 e. The number of aromatic amines is 1. The number of hydrogen-bond donors (Lipinski definition) is 2. The van der Waals surface area contributed by atoms with Crippen molar-refractivity contribution in [3.8, 4) is 0 Å². The largest absolute Gasteiger partial charge is 0.456 e. The molecule has 0 radical (unpaired) electrons. The van der Waals surface area contributed by atoms with Crippen LogP contribution in [0.25, 0.3) is 0 Å². The first-order chi connectivity index (χ1) is 17.2. The van der Waals surface area contributed by atoms with Crippen molar-refractivity contribution in [2.75, 3.05) is 23.8 Å². The summed E-state index contributed by atoms with van der Waals surface area (Å²) in [5, 5.41) is 0. The standard InChI is InChI=1S/C25H25FN4O6/c1-2-29(20(32)15-36-21(33)13-12-19(31)17-8-10-18(26)11-9-17)22-23(27)30(25(35)28-24(22)34)14-16-6-4-3-5-7-16/h3-11H,2,12-15,27H2,1H3,(H,28,34,35). The van der Waals surface area contributed by atoms with Crippen LogP contribution in [0.15, 0.2) is 64.2 Å². The normalized spacial score (nSPS) is 10.6. The summed E-state index contributed by atoms with van der Waals surface area (Å²) in [6.07, 6.45) is -0.479. The number of aromatic nitrogens is 2. The van der Waals surface area contributed by atoms with Gasteiger partial charge in [0.15, 0.2) is 18.1 Å². The number of esters is 1. The van der Waals surface area contributed by atoms with Crippen LogP contribution >= 0.6 is 0 Å². The van der Waals surface area contributed by atoms with Gasteiger partial charge >= 0.3 is 11.7 Å². The number of carbonyl (C=O) groups excluding carboxylic acids is 3. The zero-order valence-corrected chi connectivity index (χ0v) is 19.5. The molecule has 0 unspecified atom stereocenters. The Morgan fingerprint density at radius 1 is 1.03 bits per heavy atom. The Labute approximate surface area is 205 Å². The van der Waals surface area contributed by atoms with E-state index in [0.717, 1.165) is 27.2 Å². The third-order valence-corrected chi connectivity index (χ3v) is 5.36. The van der Waals surface area contributed by atoms with Crippen LogP contribution in [0.2, 0.25) is 0 Å². The van der Waals surface area contributed by atoms with Crippen LogP contribution < -0.4 is 21.9 Å². The molecule has 3 rings (SSSR count). The molecule has 11 heteroatoms. The van der Waals surface area contributed by atoms with Gasteiger partial charge in [0.25, 0.3) is 11.5 Å². The van der Waals surface area contributed by atoms with E-state index in [1.54, 1.807) is 31.2 Å². The highest BCUT2D eigenvalue weighted by atomic mass is 19.1. The summed E-state index contributed by atoms with van der Waals surface area (Å²) in [5.74, 6) is -2.61. The molecule has 0 aliphatic rings. The number of rotatable bonds is 10. The van der Waals surface area contributed by atoms with Crippen molar-refractivity contribution >= 4 is 29.2 Å². The summed E-state index contributed by atoms with van der Waals surface area (Å²) in [6, 6.07) is 13.8. The summed E-state index contributed by atoms with van der Waals surface area (Å²) in [7, 11) is 0. The number of nitrogens with one attached hydrogen (secondary N) is 1. The molecule has 10 nitrogen and oxygen atoms in total. The number of carbonyl (C=O) groups is 3. The van der Waals surface area contributed by atoms with Gasteiger partial charge in [-0.15, -0.1) is 0 Å². The molecule has 0 aliphatic carbocycles. The van der Waals surface area contributed by atoms with Gasteiger partial charge in [0, 0.05) is 18.5 Å². The number of nitrogens with zero attached hydrogens (tertiary/aromatic N) is 2. The van der Waals surface area contributed by atoms with Crippen molar-refractivity contribution in [2.24, 2.45) is 0 Å². The number of nitrogen functional groups attached to an aromatic ring is 1. The molecule has 0 fully saturated rings. The number of benzene rings is 2. The molecule has 36 heavy (non-hydrogen) atoms. The van der Waals surface area contributed by atoms with Gasteiger partial charge in [-0.25, -0.2) is 9.18 Å². The van der Waals surface area contributed by atoms with Crippen LogP contribution in [-0.4, -0.2) is 40.4 Å². The van der Waals surface area contributed by atoms with Crippen molar-refractivity contribution < 1.29 is 23.5 Å². The number of nitrogens with two attached hydrogens (primary N) is 1. The zero-order chi connectivity index (χ0) is 26.2. The maximum absolute atomic E-state index is 13.0. The second-order valence-electron chi connectivity index (χ2n) is 7.79. The number of ether oxygens (including phenoxy) is 1. The Bertz CT molecular complexity index is 1370. The molecule has 1 heterocycles. The van der Waals surface area contributed by atoms with E-state index in [1.807, 2.05) is 6.07 Å². The molecule has 1 aromatic heterocycles. The molecular weight excluding hydrogens is 471 g/mol. The lowest BCUT2D eigenvalue weighted by atomic mass is 10.1. The van der Waals surface area contributed by atoms with Crippen molar-refractivity contribution in [1.82, 2.24) is 9.55 Å². The lowest BCUT2D eigenvalue weighted by Crippen LogP contribution is -2.42. The van der Waals surface area contributed by atoms with Gasteiger partial charge in [0.05, 0.1) is 13.0 Å². The Morgan fingerprint density at radius 3 is 2.33 bits per heavy atom. The number of amides is 1. The highest BCUT2D eigenvalue weighted by Crippen LogP contribution is 2.18. The monoisotopic (exact) mass is 496 g/mol. The van der Waals surface area contributed by atoms with E-state index in [-0.39, 0.29) is 48.8 Å².